The number of rotatable bonds is 3. The fraction of sp³-hybridized carbons (Fsp3) is 0.688. The third-order valence-corrected chi connectivity index (χ3v) is 5.72. The van der Waals surface area contributed by atoms with Crippen LogP contribution >= 0.6 is 0 Å². The minimum Gasteiger partial charge on any atom is -0.465 e. The summed E-state index contributed by atoms with van der Waals surface area (Å²) in [6, 6.07) is 0. The van der Waals surface area contributed by atoms with Gasteiger partial charge in [-0.25, -0.2) is 0 Å². The number of fused-ring (bicyclic) bond motifs is 9. The van der Waals surface area contributed by atoms with Crippen LogP contribution in [0.2, 0.25) is 0 Å². The average molecular weight is 274 g/mol. The molecule has 0 spiro atoms. The number of carbonyl (C=O) groups excluding carboxylic acids is 3. The maximum absolute atomic E-state index is 12.4. The molecule has 3 saturated carbocycles. The number of carbonyl (C=O) groups is 3. The van der Waals surface area contributed by atoms with Crippen LogP contribution in [-0.4, -0.2) is 24.1 Å². The van der Waals surface area contributed by atoms with Crippen LogP contribution in [0.25, 0.3) is 0 Å². The van der Waals surface area contributed by atoms with Gasteiger partial charge in [-0.05, 0) is 24.7 Å². The highest BCUT2D eigenvalue weighted by Gasteiger charge is 2.69. The molecule has 4 aliphatic carbocycles. The maximum Gasteiger partial charge on any atom is 0.309 e. The molecule has 4 aliphatic rings. The topological polar surface area (TPSA) is 60.4 Å². The Balaban J connectivity index is 1.62. The highest BCUT2D eigenvalue weighted by Crippen LogP contribution is 2.64. The average Bonchev–Trinajstić information content (AvgIpc) is 3.14. The molecular weight excluding hydrogens is 256 g/mol. The molecule has 4 rings (SSSR count). The van der Waals surface area contributed by atoms with Gasteiger partial charge in [-0.3, -0.25) is 14.4 Å². The molecule has 7 unspecified atom stereocenters. The molecular formula is C16H18O4. The highest BCUT2D eigenvalue weighted by atomic mass is 16.5. The molecule has 0 N–H and O–H groups in total. The fourth-order valence-corrected chi connectivity index (χ4v) is 5.09. The van der Waals surface area contributed by atoms with Gasteiger partial charge in [0.1, 0.15) is 11.6 Å². The van der Waals surface area contributed by atoms with Crippen molar-refractivity contribution in [3.8, 4) is 0 Å². The van der Waals surface area contributed by atoms with Crippen molar-refractivity contribution in [2.24, 2.45) is 41.4 Å². The van der Waals surface area contributed by atoms with E-state index < -0.39 is 0 Å². The van der Waals surface area contributed by atoms with Crippen LogP contribution in [0.5, 0.6) is 0 Å². The minimum absolute atomic E-state index is 0.0587. The van der Waals surface area contributed by atoms with Crippen LogP contribution in [0.15, 0.2) is 12.2 Å². The van der Waals surface area contributed by atoms with E-state index in [1.165, 1.54) is 0 Å². The lowest BCUT2D eigenvalue weighted by Gasteiger charge is -2.33. The maximum atomic E-state index is 12.4. The lowest BCUT2D eigenvalue weighted by Crippen LogP contribution is -2.35. The van der Waals surface area contributed by atoms with E-state index in [9.17, 15) is 14.4 Å². The smallest absolute Gasteiger partial charge is 0.309 e. The summed E-state index contributed by atoms with van der Waals surface area (Å²) in [7, 11) is 0. The normalized spacial score (nSPS) is 47.1. The van der Waals surface area contributed by atoms with Crippen molar-refractivity contribution >= 4 is 17.5 Å². The molecule has 3 fully saturated rings. The summed E-state index contributed by atoms with van der Waals surface area (Å²) in [4.78, 5) is 36.8. The number of esters is 1. The van der Waals surface area contributed by atoms with Gasteiger partial charge in [-0.1, -0.05) is 19.1 Å². The third-order valence-electron chi connectivity index (χ3n) is 5.72. The van der Waals surface area contributed by atoms with Gasteiger partial charge in [0.05, 0.1) is 12.5 Å². The van der Waals surface area contributed by atoms with Gasteiger partial charge >= 0.3 is 5.97 Å². The monoisotopic (exact) mass is 274 g/mol. The van der Waals surface area contributed by atoms with Gasteiger partial charge in [0.2, 0.25) is 0 Å². The number of hydrogen-bond acceptors (Lipinski definition) is 4. The summed E-state index contributed by atoms with van der Waals surface area (Å²) in [6.07, 6.45) is 5.32. The zero-order valence-electron chi connectivity index (χ0n) is 11.5. The summed E-state index contributed by atoms with van der Waals surface area (Å²) < 4.78 is 5.24. The van der Waals surface area contributed by atoms with Crippen LogP contribution in [0.1, 0.15) is 19.8 Å². The second kappa shape index (κ2) is 4.03. The zero-order valence-corrected chi connectivity index (χ0v) is 11.5. The summed E-state index contributed by atoms with van der Waals surface area (Å²) in [5.74, 6) is -0.345. The Labute approximate surface area is 117 Å². The first-order valence-electron chi connectivity index (χ1n) is 7.57. The summed E-state index contributed by atoms with van der Waals surface area (Å²) in [5, 5.41) is 0. The number of allylic oxidation sites excluding steroid dienone is 2. The van der Waals surface area contributed by atoms with E-state index in [0.29, 0.717) is 13.0 Å². The standard InChI is InChI=1S/C16H18O4/c1-2-5-20-16(19)10-6-9-11-7-3-4-8(14(7)17)12(11)13(10)15(9)18/h3-4,7-13H,2,5-6H2,1H3. The summed E-state index contributed by atoms with van der Waals surface area (Å²) >= 11 is 0. The molecule has 0 radical (unpaired) electrons. The first kappa shape index (κ1) is 12.3. The molecule has 106 valence electrons. The van der Waals surface area contributed by atoms with E-state index in [0.717, 1.165) is 6.42 Å². The lowest BCUT2D eigenvalue weighted by molar-refractivity contribution is -0.152. The molecule has 0 aromatic rings. The van der Waals surface area contributed by atoms with Crippen LogP contribution in [0.4, 0.5) is 0 Å². The number of ether oxygens (including phenoxy) is 1. The predicted molar refractivity (Wildman–Crippen MR) is 69.5 cm³/mol. The SMILES string of the molecule is CCCOC(=O)C1CC2C(=O)C1C1C3C=CC(C3=O)C21. The fourth-order valence-electron chi connectivity index (χ4n) is 5.09. The van der Waals surface area contributed by atoms with E-state index in [4.69, 9.17) is 4.74 Å². The second-order valence-corrected chi connectivity index (χ2v) is 6.54. The van der Waals surface area contributed by atoms with Crippen molar-refractivity contribution < 1.29 is 19.1 Å². The van der Waals surface area contributed by atoms with Crippen molar-refractivity contribution in [2.45, 2.75) is 19.8 Å². The van der Waals surface area contributed by atoms with Crippen LogP contribution in [-0.2, 0) is 19.1 Å². The highest BCUT2D eigenvalue weighted by molar-refractivity contribution is 6.01. The summed E-state index contributed by atoms with van der Waals surface area (Å²) in [6.45, 7) is 2.37. The van der Waals surface area contributed by atoms with Crippen molar-refractivity contribution in [1.29, 1.82) is 0 Å². The quantitative estimate of drug-likeness (QED) is 0.443. The molecule has 0 aromatic heterocycles. The van der Waals surface area contributed by atoms with E-state index in [1.807, 2.05) is 19.1 Å². The van der Waals surface area contributed by atoms with Gasteiger partial charge in [-0.2, -0.15) is 0 Å². The number of Topliss-reactive ketones (excluding diaryl/α,β-unsaturated/α-hetero) is 2. The van der Waals surface area contributed by atoms with Gasteiger partial charge in [0, 0.05) is 23.7 Å². The predicted octanol–water partition coefficient (Wildman–Crippen LogP) is 1.39. The van der Waals surface area contributed by atoms with Crippen LogP contribution in [0.3, 0.4) is 0 Å². The van der Waals surface area contributed by atoms with Crippen molar-refractivity contribution in [1.82, 2.24) is 0 Å². The Morgan fingerprint density at radius 2 is 1.90 bits per heavy atom. The largest absolute Gasteiger partial charge is 0.465 e. The molecule has 0 amide bonds. The Hall–Kier alpha value is -1.45. The first-order valence-corrected chi connectivity index (χ1v) is 7.57. The van der Waals surface area contributed by atoms with E-state index in [2.05, 4.69) is 0 Å². The zero-order chi connectivity index (χ0) is 14.0. The van der Waals surface area contributed by atoms with E-state index >= 15 is 0 Å². The molecule has 20 heavy (non-hydrogen) atoms. The molecule has 0 aromatic carbocycles. The Morgan fingerprint density at radius 1 is 1.20 bits per heavy atom. The molecule has 0 heterocycles. The van der Waals surface area contributed by atoms with E-state index in [1.54, 1.807) is 0 Å². The second-order valence-electron chi connectivity index (χ2n) is 6.54. The minimum atomic E-state index is -0.305. The molecule has 7 atom stereocenters. The molecule has 0 saturated heterocycles. The Kier molecular flexibility index (Phi) is 2.48. The van der Waals surface area contributed by atoms with Gasteiger partial charge in [0.25, 0.3) is 0 Å². The summed E-state index contributed by atoms with van der Waals surface area (Å²) in [5.41, 5.74) is 0. The molecule has 4 nitrogen and oxygen atoms in total. The number of hydrogen-bond donors (Lipinski definition) is 0. The Morgan fingerprint density at radius 3 is 2.60 bits per heavy atom. The van der Waals surface area contributed by atoms with Gasteiger partial charge in [-0.15, -0.1) is 0 Å². The van der Waals surface area contributed by atoms with Crippen molar-refractivity contribution in [2.75, 3.05) is 6.61 Å². The van der Waals surface area contributed by atoms with Crippen LogP contribution in [0, 0.1) is 41.4 Å². The van der Waals surface area contributed by atoms with E-state index in [-0.39, 0.29) is 59.0 Å². The van der Waals surface area contributed by atoms with Gasteiger partial charge < -0.3 is 4.74 Å². The van der Waals surface area contributed by atoms with Crippen LogP contribution < -0.4 is 0 Å². The first-order chi connectivity index (χ1) is 9.65. The Bertz CT molecular complexity index is 535. The van der Waals surface area contributed by atoms with Crippen molar-refractivity contribution in [3.05, 3.63) is 12.2 Å². The van der Waals surface area contributed by atoms with Gasteiger partial charge in [0.15, 0.2) is 0 Å². The lowest BCUT2D eigenvalue weighted by atomic mass is 9.69. The van der Waals surface area contributed by atoms with Crippen molar-refractivity contribution in [3.63, 3.8) is 0 Å². The number of ketones is 2. The molecule has 4 bridgehead atoms. The molecule has 0 aliphatic heterocycles. The third kappa shape index (κ3) is 1.30. The molecule has 4 heteroatoms.